The van der Waals surface area contributed by atoms with E-state index in [1.165, 1.54) is 0 Å². The van der Waals surface area contributed by atoms with Crippen molar-refractivity contribution in [3.05, 3.63) is 106 Å². The number of esters is 1. The summed E-state index contributed by atoms with van der Waals surface area (Å²) < 4.78 is 12.1. The molecule has 3 aromatic carbocycles. The number of nitrogens with zero attached hydrogens (tertiary/aromatic N) is 1. The number of rotatable bonds is 5. The third-order valence-electron chi connectivity index (χ3n) is 4.17. The van der Waals surface area contributed by atoms with E-state index in [9.17, 15) is 4.79 Å². The number of ether oxygens (including phenoxy) is 2. The second kappa shape index (κ2) is 8.23. The normalized spacial score (nSPS) is 14.7. The lowest BCUT2D eigenvalue weighted by atomic mass is 10.1. The molecule has 0 aromatic heterocycles. The third kappa shape index (κ3) is 4.05. The molecule has 1 aliphatic heterocycles. The van der Waals surface area contributed by atoms with Gasteiger partial charge < -0.3 is 9.47 Å². The first-order valence-corrected chi connectivity index (χ1v) is 9.53. The fourth-order valence-corrected chi connectivity index (χ4v) is 3.23. The Balaban J connectivity index is 1.60. The van der Waals surface area contributed by atoms with E-state index >= 15 is 0 Å². The molecule has 0 amide bonds. The molecule has 0 saturated heterocycles. The highest BCUT2D eigenvalue weighted by Gasteiger charge is 2.25. The van der Waals surface area contributed by atoms with Crippen LogP contribution in [0.2, 0.25) is 0 Å². The fraction of sp³-hybridized carbons (Fsp3) is 0.0435. The van der Waals surface area contributed by atoms with Crippen molar-refractivity contribution in [1.29, 1.82) is 0 Å². The molecule has 0 spiro atoms. The van der Waals surface area contributed by atoms with Gasteiger partial charge in [-0.2, -0.15) is 0 Å². The number of halogens is 1. The lowest BCUT2D eigenvalue weighted by Crippen LogP contribution is -2.05. The molecule has 28 heavy (non-hydrogen) atoms. The van der Waals surface area contributed by atoms with E-state index in [0.29, 0.717) is 12.4 Å². The van der Waals surface area contributed by atoms with Crippen molar-refractivity contribution in [2.75, 3.05) is 0 Å². The number of carbonyl (C=O) groups excluding carboxylic acids is 1. The number of para-hydroxylation sites is 1. The van der Waals surface area contributed by atoms with Gasteiger partial charge in [-0.05, 0) is 45.8 Å². The van der Waals surface area contributed by atoms with Crippen LogP contribution in [0, 0.1) is 0 Å². The van der Waals surface area contributed by atoms with Crippen LogP contribution in [-0.4, -0.2) is 11.9 Å². The van der Waals surface area contributed by atoms with Gasteiger partial charge in [0, 0.05) is 10.0 Å². The van der Waals surface area contributed by atoms with Crippen LogP contribution < -0.4 is 4.74 Å². The Morgan fingerprint density at radius 2 is 1.64 bits per heavy atom. The van der Waals surface area contributed by atoms with Crippen molar-refractivity contribution in [2.45, 2.75) is 6.61 Å². The van der Waals surface area contributed by atoms with E-state index in [1.807, 2.05) is 78.9 Å². The van der Waals surface area contributed by atoms with Crippen molar-refractivity contribution >= 4 is 33.9 Å². The third-order valence-corrected chi connectivity index (χ3v) is 4.86. The molecule has 0 fully saturated rings. The van der Waals surface area contributed by atoms with Gasteiger partial charge in [0.2, 0.25) is 5.90 Å². The van der Waals surface area contributed by atoms with Crippen LogP contribution in [-0.2, 0) is 16.1 Å². The number of hydrogen-bond acceptors (Lipinski definition) is 4. The van der Waals surface area contributed by atoms with Crippen molar-refractivity contribution in [2.24, 2.45) is 4.99 Å². The lowest BCUT2D eigenvalue weighted by molar-refractivity contribution is -0.129. The Kier molecular flexibility index (Phi) is 5.35. The highest BCUT2D eigenvalue weighted by atomic mass is 79.9. The van der Waals surface area contributed by atoms with Gasteiger partial charge in [0.25, 0.3) is 0 Å². The molecule has 1 aliphatic rings. The molecule has 0 radical (unpaired) electrons. The van der Waals surface area contributed by atoms with Gasteiger partial charge in [0.1, 0.15) is 12.4 Å². The Morgan fingerprint density at radius 3 is 2.46 bits per heavy atom. The molecule has 138 valence electrons. The highest BCUT2D eigenvalue weighted by Crippen LogP contribution is 2.27. The number of cyclic esters (lactones) is 1. The van der Waals surface area contributed by atoms with Gasteiger partial charge >= 0.3 is 5.97 Å². The van der Waals surface area contributed by atoms with E-state index in [4.69, 9.17) is 9.47 Å². The number of carbonyl (C=O) groups is 1. The van der Waals surface area contributed by atoms with Crippen molar-refractivity contribution in [3.63, 3.8) is 0 Å². The summed E-state index contributed by atoms with van der Waals surface area (Å²) in [4.78, 5) is 16.7. The highest BCUT2D eigenvalue weighted by molar-refractivity contribution is 9.10. The summed E-state index contributed by atoms with van der Waals surface area (Å²) in [6.45, 7) is 0.441. The van der Waals surface area contributed by atoms with Gasteiger partial charge in [-0.3, -0.25) is 0 Å². The Bertz CT molecular complexity index is 1070. The Labute approximate surface area is 171 Å². The molecule has 4 nitrogen and oxygen atoms in total. The molecule has 1 heterocycles. The topological polar surface area (TPSA) is 47.9 Å². The number of hydrogen-bond donors (Lipinski definition) is 0. The maximum atomic E-state index is 12.3. The zero-order valence-corrected chi connectivity index (χ0v) is 16.4. The van der Waals surface area contributed by atoms with Gasteiger partial charge in [-0.15, -0.1) is 0 Å². The quantitative estimate of drug-likeness (QED) is 0.401. The van der Waals surface area contributed by atoms with Gasteiger partial charge in [-0.25, -0.2) is 9.79 Å². The summed E-state index contributed by atoms with van der Waals surface area (Å²) in [5, 5.41) is 0. The second-order valence-electron chi connectivity index (χ2n) is 6.13. The molecule has 0 aliphatic carbocycles. The van der Waals surface area contributed by atoms with Crippen LogP contribution in [0.15, 0.2) is 94.0 Å². The monoisotopic (exact) mass is 433 g/mol. The van der Waals surface area contributed by atoms with Crippen molar-refractivity contribution in [1.82, 2.24) is 0 Å². The summed E-state index contributed by atoms with van der Waals surface area (Å²) in [6, 6.07) is 24.9. The summed E-state index contributed by atoms with van der Waals surface area (Å²) in [6.07, 6.45) is 1.69. The van der Waals surface area contributed by atoms with E-state index < -0.39 is 5.97 Å². The zero-order chi connectivity index (χ0) is 19.3. The first-order valence-electron chi connectivity index (χ1n) is 8.74. The van der Waals surface area contributed by atoms with Crippen LogP contribution in [0.3, 0.4) is 0 Å². The van der Waals surface area contributed by atoms with Gasteiger partial charge in [0.05, 0.1) is 5.56 Å². The number of aliphatic imine (C=N–C) groups is 1. The molecule has 0 unspecified atom stereocenters. The largest absolute Gasteiger partial charge is 0.488 e. The number of benzene rings is 3. The lowest BCUT2D eigenvalue weighted by Gasteiger charge is -2.09. The summed E-state index contributed by atoms with van der Waals surface area (Å²) in [5.74, 6) is 0.478. The summed E-state index contributed by atoms with van der Waals surface area (Å²) in [5.41, 5.74) is 2.80. The van der Waals surface area contributed by atoms with Crippen molar-refractivity contribution in [3.8, 4) is 5.75 Å². The van der Waals surface area contributed by atoms with Crippen LogP contribution in [0.25, 0.3) is 6.08 Å². The molecule has 0 atom stereocenters. The zero-order valence-electron chi connectivity index (χ0n) is 14.8. The SMILES string of the molecule is O=C1OC(c2ccccc2Br)=N/C1=C\c1ccccc1OCc1ccccc1. The molecule has 0 bridgehead atoms. The first-order chi connectivity index (χ1) is 13.7. The van der Waals surface area contributed by atoms with Crippen LogP contribution in [0.1, 0.15) is 16.7 Å². The molecule has 3 aromatic rings. The maximum absolute atomic E-state index is 12.3. The van der Waals surface area contributed by atoms with Gasteiger partial charge in [-0.1, -0.05) is 60.7 Å². The molecule has 5 heteroatoms. The summed E-state index contributed by atoms with van der Waals surface area (Å²) >= 11 is 3.46. The Hall–Kier alpha value is -3.18. The molecule has 0 N–H and O–H groups in total. The summed E-state index contributed by atoms with van der Waals surface area (Å²) in [7, 11) is 0. The molecule has 4 rings (SSSR count). The predicted molar refractivity (Wildman–Crippen MR) is 112 cm³/mol. The van der Waals surface area contributed by atoms with E-state index in [-0.39, 0.29) is 11.6 Å². The Morgan fingerprint density at radius 1 is 0.929 bits per heavy atom. The minimum atomic E-state index is -0.483. The fourth-order valence-electron chi connectivity index (χ4n) is 2.77. The predicted octanol–water partition coefficient (Wildman–Crippen LogP) is 5.37. The van der Waals surface area contributed by atoms with E-state index in [1.54, 1.807) is 6.08 Å². The molecule has 0 saturated carbocycles. The average molecular weight is 434 g/mol. The van der Waals surface area contributed by atoms with E-state index in [0.717, 1.165) is 21.2 Å². The molecular formula is C23H16BrNO3. The minimum absolute atomic E-state index is 0.238. The van der Waals surface area contributed by atoms with Crippen LogP contribution >= 0.6 is 15.9 Å². The van der Waals surface area contributed by atoms with Crippen LogP contribution in [0.5, 0.6) is 5.75 Å². The second-order valence-corrected chi connectivity index (χ2v) is 6.98. The molecular weight excluding hydrogens is 418 g/mol. The smallest absolute Gasteiger partial charge is 0.363 e. The van der Waals surface area contributed by atoms with Crippen molar-refractivity contribution < 1.29 is 14.3 Å². The first kappa shape index (κ1) is 18.2. The minimum Gasteiger partial charge on any atom is -0.488 e. The van der Waals surface area contributed by atoms with Gasteiger partial charge in [0.15, 0.2) is 5.70 Å². The average Bonchev–Trinajstić information content (AvgIpc) is 3.08. The van der Waals surface area contributed by atoms with Crippen LogP contribution in [0.4, 0.5) is 0 Å². The van der Waals surface area contributed by atoms with E-state index in [2.05, 4.69) is 20.9 Å². The maximum Gasteiger partial charge on any atom is 0.363 e. The standard InChI is InChI=1S/C23H16BrNO3/c24-19-12-6-5-11-18(19)22-25-20(23(26)28-22)14-17-10-4-7-13-21(17)27-15-16-8-2-1-3-9-16/h1-14H,15H2/b20-14-.